The van der Waals surface area contributed by atoms with Crippen molar-refractivity contribution in [1.29, 1.82) is 0 Å². The van der Waals surface area contributed by atoms with Crippen LogP contribution in [0.2, 0.25) is 0 Å². The third-order valence-corrected chi connectivity index (χ3v) is 14.5. The Morgan fingerprint density at radius 3 is 1.22 bits per heavy atom. The van der Waals surface area contributed by atoms with Crippen LogP contribution in [-0.4, -0.2) is 87.5 Å². The van der Waals surface area contributed by atoms with Gasteiger partial charge < -0.3 is 40.3 Å². The van der Waals surface area contributed by atoms with Crippen LogP contribution in [0.5, 0.6) is 0 Å². The van der Waals surface area contributed by atoms with Crippen molar-refractivity contribution in [2.45, 2.75) is 339 Å². The minimum absolute atomic E-state index is 0.181. The lowest BCUT2D eigenvalue weighted by Crippen LogP contribution is -2.60. The molecule has 1 rings (SSSR count). The zero-order valence-electron chi connectivity index (χ0n) is 45.3. The van der Waals surface area contributed by atoms with Crippen LogP contribution >= 0.6 is 0 Å². The highest BCUT2D eigenvalue weighted by atomic mass is 16.7. The molecule has 1 saturated heterocycles. The van der Waals surface area contributed by atoms with E-state index in [1.807, 2.05) is 6.08 Å². The van der Waals surface area contributed by atoms with Crippen molar-refractivity contribution >= 4 is 5.91 Å². The first-order chi connectivity index (χ1) is 33.8. The Hall–Kier alpha value is -1.33. The Morgan fingerprint density at radius 2 is 0.826 bits per heavy atom. The average Bonchev–Trinajstić information content (AvgIpc) is 3.35. The molecule has 0 saturated carbocycles. The number of amides is 1. The van der Waals surface area contributed by atoms with Crippen molar-refractivity contribution in [3.8, 4) is 0 Å². The fourth-order valence-corrected chi connectivity index (χ4v) is 9.76. The van der Waals surface area contributed by atoms with Crippen LogP contribution in [0.3, 0.4) is 0 Å². The molecular formula is C60H115NO8. The van der Waals surface area contributed by atoms with Crippen molar-refractivity contribution in [1.82, 2.24) is 5.32 Å². The highest BCUT2D eigenvalue weighted by Gasteiger charge is 2.44. The van der Waals surface area contributed by atoms with Gasteiger partial charge in [0.1, 0.15) is 24.4 Å². The summed E-state index contributed by atoms with van der Waals surface area (Å²) in [5.74, 6) is -0.181. The van der Waals surface area contributed by atoms with Crippen molar-refractivity contribution in [2.24, 2.45) is 0 Å². The van der Waals surface area contributed by atoms with Gasteiger partial charge in [0.2, 0.25) is 5.91 Å². The first-order valence-corrected chi connectivity index (χ1v) is 30.1. The van der Waals surface area contributed by atoms with Gasteiger partial charge in [-0.2, -0.15) is 0 Å². The molecule has 0 aromatic rings. The molecule has 69 heavy (non-hydrogen) atoms. The summed E-state index contributed by atoms with van der Waals surface area (Å²) in [5, 5.41) is 54.4. The number of hydrogen-bond donors (Lipinski definition) is 6. The van der Waals surface area contributed by atoms with Crippen LogP contribution in [-0.2, 0) is 14.3 Å². The monoisotopic (exact) mass is 978 g/mol. The topological polar surface area (TPSA) is 149 Å². The quantitative estimate of drug-likeness (QED) is 0.0261. The Kier molecular flexibility index (Phi) is 47.8. The maximum absolute atomic E-state index is 13.0. The molecule has 0 aliphatic carbocycles. The number of allylic oxidation sites excluding steroid dienone is 3. The predicted molar refractivity (Wildman–Crippen MR) is 290 cm³/mol. The van der Waals surface area contributed by atoms with E-state index in [1.165, 1.54) is 238 Å². The summed E-state index contributed by atoms with van der Waals surface area (Å²) in [7, 11) is 0. The molecule has 1 heterocycles. The molecule has 0 aromatic heterocycles. The number of aliphatic hydroxyl groups is 5. The maximum atomic E-state index is 13.0. The number of aliphatic hydroxyl groups excluding tert-OH is 5. The van der Waals surface area contributed by atoms with Gasteiger partial charge in [-0.25, -0.2) is 0 Å². The van der Waals surface area contributed by atoms with Crippen molar-refractivity contribution in [3.63, 3.8) is 0 Å². The summed E-state index contributed by atoms with van der Waals surface area (Å²) in [4.78, 5) is 13.0. The van der Waals surface area contributed by atoms with Crippen LogP contribution in [0.15, 0.2) is 24.3 Å². The smallest absolute Gasteiger partial charge is 0.220 e. The minimum Gasteiger partial charge on any atom is -0.394 e. The van der Waals surface area contributed by atoms with E-state index in [2.05, 4.69) is 31.3 Å². The first kappa shape index (κ1) is 65.7. The number of unbranched alkanes of at least 4 members (excludes halogenated alkanes) is 40. The molecule has 7 unspecified atom stereocenters. The van der Waals surface area contributed by atoms with Gasteiger partial charge >= 0.3 is 0 Å². The molecule has 1 aliphatic heterocycles. The third kappa shape index (κ3) is 39.8. The van der Waals surface area contributed by atoms with Gasteiger partial charge in [0, 0.05) is 6.42 Å². The molecule has 0 aromatic carbocycles. The molecule has 1 amide bonds. The zero-order valence-corrected chi connectivity index (χ0v) is 45.3. The molecule has 408 valence electrons. The molecule has 1 fully saturated rings. The van der Waals surface area contributed by atoms with E-state index < -0.39 is 49.5 Å². The van der Waals surface area contributed by atoms with E-state index in [1.54, 1.807) is 6.08 Å². The summed E-state index contributed by atoms with van der Waals surface area (Å²) < 4.78 is 11.2. The van der Waals surface area contributed by atoms with Gasteiger partial charge in [0.25, 0.3) is 0 Å². The largest absolute Gasteiger partial charge is 0.394 e. The molecule has 0 bridgehead atoms. The van der Waals surface area contributed by atoms with Crippen LogP contribution in [0.4, 0.5) is 0 Å². The summed E-state index contributed by atoms with van der Waals surface area (Å²) >= 11 is 0. The number of nitrogens with one attached hydrogen (secondary N) is 1. The van der Waals surface area contributed by atoms with E-state index in [-0.39, 0.29) is 12.5 Å². The summed E-state index contributed by atoms with van der Waals surface area (Å²) in [6, 6.07) is -0.818. The highest BCUT2D eigenvalue weighted by molar-refractivity contribution is 5.76. The molecule has 7 atom stereocenters. The Balaban J connectivity index is 2.11. The van der Waals surface area contributed by atoms with Gasteiger partial charge in [-0.3, -0.25) is 4.79 Å². The minimum atomic E-state index is -1.57. The second kappa shape index (κ2) is 50.2. The summed E-state index contributed by atoms with van der Waals surface area (Å²) in [6.45, 7) is 3.78. The Labute approximate surface area is 426 Å². The van der Waals surface area contributed by atoms with Crippen molar-refractivity contribution in [3.05, 3.63) is 24.3 Å². The number of rotatable bonds is 52. The van der Waals surface area contributed by atoms with E-state index in [9.17, 15) is 30.3 Å². The zero-order chi connectivity index (χ0) is 50.1. The number of ether oxygens (including phenoxy) is 2. The van der Waals surface area contributed by atoms with Gasteiger partial charge in [0.05, 0.1) is 25.4 Å². The SMILES string of the molecule is CCCCCCCCCC/C=C/CC/C=C/C(O)C(COC1OC(CO)C(O)C(O)C1O)NC(=O)CCCCCCCCCCCCCCCCCCCCCCCCCCCCCCCCCC. The Morgan fingerprint density at radius 1 is 0.478 bits per heavy atom. The van der Waals surface area contributed by atoms with Crippen LogP contribution in [0, 0.1) is 0 Å². The van der Waals surface area contributed by atoms with E-state index in [0.29, 0.717) is 6.42 Å². The van der Waals surface area contributed by atoms with E-state index in [4.69, 9.17) is 9.47 Å². The first-order valence-electron chi connectivity index (χ1n) is 30.1. The fourth-order valence-electron chi connectivity index (χ4n) is 9.76. The van der Waals surface area contributed by atoms with Crippen LogP contribution in [0.25, 0.3) is 0 Å². The van der Waals surface area contributed by atoms with Gasteiger partial charge in [-0.1, -0.05) is 282 Å². The third-order valence-electron chi connectivity index (χ3n) is 14.5. The molecule has 0 radical (unpaired) electrons. The van der Waals surface area contributed by atoms with Crippen LogP contribution in [0.1, 0.15) is 296 Å². The highest BCUT2D eigenvalue weighted by Crippen LogP contribution is 2.23. The van der Waals surface area contributed by atoms with Gasteiger partial charge in [-0.15, -0.1) is 0 Å². The lowest BCUT2D eigenvalue weighted by atomic mass is 9.99. The predicted octanol–water partition coefficient (Wildman–Crippen LogP) is 15.0. The van der Waals surface area contributed by atoms with Crippen LogP contribution < -0.4 is 5.32 Å². The van der Waals surface area contributed by atoms with Crippen molar-refractivity contribution in [2.75, 3.05) is 13.2 Å². The number of carbonyl (C=O) groups is 1. The normalized spacial score (nSPS) is 19.6. The van der Waals surface area contributed by atoms with Gasteiger partial charge in [0.15, 0.2) is 6.29 Å². The number of carbonyl (C=O) groups excluding carboxylic acids is 1. The van der Waals surface area contributed by atoms with Gasteiger partial charge in [-0.05, 0) is 32.1 Å². The second-order valence-electron chi connectivity index (χ2n) is 21.1. The second-order valence-corrected chi connectivity index (χ2v) is 21.1. The molecule has 9 heteroatoms. The standard InChI is InChI=1S/C60H115NO8/c1-3-5-7-9-11-13-15-17-19-20-21-22-23-24-25-26-27-28-29-30-31-32-33-34-35-36-38-40-42-44-46-48-50-56(64)61-53(52-68-60-59(67)58(66)57(65)55(51-62)69-60)54(63)49-47-45-43-41-39-37-18-16-14-12-10-8-6-4-2/h39,41,47,49,53-55,57-60,62-63,65-67H,3-38,40,42-46,48,50-52H2,1-2H3,(H,61,64)/b41-39+,49-47+. The fraction of sp³-hybridized carbons (Fsp3) is 0.917. The lowest BCUT2D eigenvalue weighted by Gasteiger charge is -2.40. The van der Waals surface area contributed by atoms with Crippen molar-refractivity contribution < 1.29 is 39.8 Å². The molecule has 9 nitrogen and oxygen atoms in total. The van der Waals surface area contributed by atoms with E-state index in [0.717, 1.165) is 38.5 Å². The van der Waals surface area contributed by atoms with E-state index >= 15 is 0 Å². The molecule has 6 N–H and O–H groups in total. The molecule has 1 aliphatic rings. The lowest BCUT2D eigenvalue weighted by molar-refractivity contribution is -0.302. The summed E-state index contributed by atoms with van der Waals surface area (Å²) in [6.07, 6.45) is 57.0. The average molecular weight is 979 g/mol. The number of hydrogen-bond acceptors (Lipinski definition) is 8. The summed E-state index contributed by atoms with van der Waals surface area (Å²) in [5.41, 5.74) is 0. The molecular weight excluding hydrogens is 863 g/mol. The molecule has 0 spiro atoms. The maximum Gasteiger partial charge on any atom is 0.220 e. The Bertz CT molecular complexity index is 1130.